The van der Waals surface area contributed by atoms with Crippen LogP contribution in [0, 0.1) is 0 Å². The Morgan fingerprint density at radius 2 is 1.04 bits per heavy atom. The summed E-state index contributed by atoms with van der Waals surface area (Å²) in [5.74, 6) is 0.375. The number of aliphatic hydroxyl groups is 1. The van der Waals surface area contributed by atoms with Gasteiger partial charge in [-0.25, -0.2) is 0 Å². The molecule has 25 heavy (non-hydrogen) atoms. The van der Waals surface area contributed by atoms with Gasteiger partial charge in [-0.1, -0.05) is 69.7 Å². The van der Waals surface area contributed by atoms with Crippen molar-refractivity contribution in [3.8, 4) is 11.5 Å². The maximum Gasteiger partial charge on any atom is 0.115 e. The predicted molar refractivity (Wildman–Crippen MR) is 102 cm³/mol. The van der Waals surface area contributed by atoms with Crippen LogP contribution in [0.2, 0.25) is 0 Å². The van der Waals surface area contributed by atoms with Crippen LogP contribution in [-0.4, -0.2) is 15.3 Å². The fraction of sp³-hybridized carbons (Fsp3) is 0.455. The molecule has 0 saturated heterocycles. The van der Waals surface area contributed by atoms with Crippen molar-refractivity contribution in [2.45, 2.75) is 63.9 Å². The first kappa shape index (κ1) is 19.3. The molecule has 2 rings (SSSR count). The van der Waals surface area contributed by atoms with Gasteiger partial charge in [0.2, 0.25) is 0 Å². The molecule has 0 aliphatic heterocycles. The molecule has 0 aliphatic rings. The highest BCUT2D eigenvalue weighted by Crippen LogP contribution is 2.36. The number of benzene rings is 2. The first-order valence-electron chi connectivity index (χ1n) is 9.37. The Hall–Kier alpha value is -2.00. The van der Waals surface area contributed by atoms with Gasteiger partial charge in [0, 0.05) is 0 Å². The van der Waals surface area contributed by atoms with E-state index in [1.165, 1.54) is 32.1 Å². The van der Waals surface area contributed by atoms with Crippen LogP contribution in [0.1, 0.15) is 69.4 Å². The third-order valence-corrected chi connectivity index (χ3v) is 4.83. The molecule has 0 unspecified atom stereocenters. The Kier molecular flexibility index (Phi) is 7.32. The van der Waals surface area contributed by atoms with Crippen LogP contribution in [0.25, 0.3) is 0 Å². The molecule has 2 aromatic carbocycles. The van der Waals surface area contributed by atoms with Crippen molar-refractivity contribution in [1.82, 2.24) is 0 Å². The van der Waals surface area contributed by atoms with Crippen molar-refractivity contribution < 1.29 is 15.3 Å². The second kappa shape index (κ2) is 9.47. The Morgan fingerprint density at radius 1 is 0.640 bits per heavy atom. The average molecular weight is 342 g/mol. The van der Waals surface area contributed by atoms with E-state index in [0.717, 1.165) is 24.0 Å². The molecule has 0 fully saturated rings. The van der Waals surface area contributed by atoms with Crippen LogP contribution in [0.3, 0.4) is 0 Å². The smallest absolute Gasteiger partial charge is 0.115 e. The maximum atomic E-state index is 11.4. The lowest BCUT2D eigenvalue weighted by atomic mass is 9.82. The molecule has 3 nitrogen and oxygen atoms in total. The number of phenolic OH excluding ortho intramolecular Hbond substituents is 2. The quantitative estimate of drug-likeness (QED) is 0.501. The number of phenols is 2. The molecule has 3 heteroatoms. The Labute approximate surface area is 151 Å². The summed E-state index contributed by atoms with van der Waals surface area (Å²) in [5.41, 5.74) is 0.425. The van der Waals surface area contributed by atoms with Crippen LogP contribution >= 0.6 is 0 Å². The van der Waals surface area contributed by atoms with E-state index >= 15 is 0 Å². The van der Waals surface area contributed by atoms with E-state index in [0.29, 0.717) is 6.42 Å². The number of hydrogen-bond donors (Lipinski definition) is 3. The van der Waals surface area contributed by atoms with Crippen molar-refractivity contribution in [2.24, 2.45) is 0 Å². The highest BCUT2D eigenvalue weighted by atomic mass is 16.3. The van der Waals surface area contributed by atoms with Crippen LogP contribution in [-0.2, 0) is 5.60 Å². The molecule has 0 heterocycles. The van der Waals surface area contributed by atoms with E-state index < -0.39 is 5.60 Å². The molecule has 136 valence electrons. The van der Waals surface area contributed by atoms with Gasteiger partial charge >= 0.3 is 0 Å². The van der Waals surface area contributed by atoms with Crippen molar-refractivity contribution in [3.63, 3.8) is 0 Å². The first-order chi connectivity index (χ1) is 12.1. The highest BCUT2D eigenvalue weighted by molar-refractivity contribution is 5.40. The second-order valence-corrected chi connectivity index (χ2v) is 6.83. The molecule has 0 bridgehead atoms. The molecule has 0 saturated carbocycles. The lowest BCUT2D eigenvalue weighted by molar-refractivity contribution is 0.0678. The molecule has 0 atom stereocenters. The minimum Gasteiger partial charge on any atom is -0.508 e. The van der Waals surface area contributed by atoms with Gasteiger partial charge in [-0.3, -0.25) is 0 Å². The largest absolute Gasteiger partial charge is 0.508 e. The third-order valence-electron chi connectivity index (χ3n) is 4.83. The minimum atomic E-state index is -1.11. The molecular formula is C22H30O3. The molecule has 0 aromatic heterocycles. The van der Waals surface area contributed by atoms with Crippen molar-refractivity contribution in [3.05, 3.63) is 59.7 Å². The third kappa shape index (κ3) is 5.50. The molecule has 0 radical (unpaired) electrons. The summed E-state index contributed by atoms with van der Waals surface area (Å²) in [6.45, 7) is 2.22. The summed E-state index contributed by atoms with van der Waals surface area (Å²) < 4.78 is 0. The zero-order chi connectivity index (χ0) is 18.1. The summed E-state index contributed by atoms with van der Waals surface area (Å²) in [4.78, 5) is 0. The highest BCUT2D eigenvalue weighted by Gasteiger charge is 2.31. The van der Waals surface area contributed by atoms with Crippen molar-refractivity contribution in [1.29, 1.82) is 0 Å². The van der Waals surface area contributed by atoms with E-state index in [1.54, 1.807) is 48.5 Å². The predicted octanol–water partition coefficient (Wildman–Crippen LogP) is 5.47. The van der Waals surface area contributed by atoms with E-state index in [1.807, 2.05) is 0 Å². The molecule has 0 spiro atoms. The van der Waals surface area contributed by atoms with E-state index in [2.05, 4.69) is 6.92 Å². The Balaban J connectivity index is 2.07. The minimum absolute atomic E-state index is 0.188. The van der Waals surface area contributed by atoms with Gasteiger partial charge in [0.15, 0.2) is 0 Å². The normalized spacial score (nSPS) is 11.6. The number of aromatic hydroxyl groups is 2. The standard InChI is InChI=1S/C22H30O3/c1-2-3-4-5-6-7-8-17-22(25,18-9-13-20(23)14-10-18)19-11-15-21(24)16-12-19/h9-16,23-25H,2-8,17H2,1H3. The van der Waals surface area contributed by atoms with Crippen molar-refractivity contribution in [2.75, 3.05) is 0 Å². The molecular weight excluding hydrogens is 312 g/mol. The Bertz CT molecular complexity index is 571. The van der Waals surface area contributed by atoms with Crippen LogP contribution in [0.5, 0.6) is 11.5 Å². The van der Waals surface area contributed by atoms with Gasteiger partial charge in [-0.2, -0.15) is 0 Å². The summed E-state index contributed by atoms with van der Waals surface area (Å²) in [7, 11) is 0. The summed E-state index contributed by atoms with van der Waals surface area (Å²) in [6, 6.07) is 13.5. The lowest BCUT2D eigenvalue weighted by Gasteiger charge is -2.29. The summed E-state index contributed by atoms with van der Waals surface area (Å²) in [6.07, 6.45) is 8.94. The van der Waals surface area contributed by atoms with Crippen LogP contribution in [0.4, 0.5) is 0 Å². The summed E-state index contributed by atoms with van der Waals surface area (Å²) in [5, 5.41) is 30.5. The van der Waals surface area contributed by atoms with Gasteiger partial charge in [0.1, 0.15) is 17.1 Å². The van der Waals surface area contributed by atoms with Gasteiger partial charge in [0.25, 0.3) is 0 Å². The molecule has 3 N–H and O–H groups in total. The molecule has 2 aromatic rings. The van der Waals surface area contributed by atoms with Crippen LogP contribution < -0.4 is 0 Å². The van der Waals surface area contributed by atoms with E-state index in [-0.39, 0.29) is 11.5 Å². The number of unbranched alkanes of at least 4 members (excludes halogenated alkanes) is 6. The second-order valence-electron chi connectivity index (χ2n) is 6.83. The molecule has 0 amide bonds. The zero-order valence-electron chi connectivity index (χ0n) is 15.1. The van der Waals surface area contributed by atoms with Gasteiger partial charge in [-0.05, 0) is 48.2 Å². The van der Waals surface area contributed by atoms with Gasteiger partial charge < -0.3 is 15.3 Å². The van der Waals surface area contributed by atoms with Gasteiger partial charge in [0.05, 0.1) is 0 Å². The van der Waals surface area contributed by atoms with Crippen molar-refractivity contribution >= 4 is 0 Å². The van der Waals surface area contributed by atoms with E-state index in [4.69, 9.17) is 0 Å². The number of rotatable bonds is 10. The fourth-order valence-electron chi connectivity index (χ4n) is 3.27. The molecule has 0 aliphatic carbocycles. The lowest BCUT2D eigenvalue weighted by Crippen LogP contribution is -2.27. The van der Waals surface area contributed by atoms with Gasteiger partial charge in [-0.15, -0.1) is 0 Å². The summed E-state index contributed by atoms with van der Waals surface area (Å²) >= 11 is 0. The fourth-order valence-corrected chi connectivity index (χ4v) is 3.27. The van der Waals surface area contributed by atoms with E-state index in [9.17, 15) is 15.3 Å². The topological polar surface area (TPSA) is 60.7 Å². The number of hydrogen-bond acceptors (Lipinski definition) is 3. The van der Waals surface area contributed by atoms with Crippen LogP contribution in [0.15, 0.2) is 48.5 Å². The zero-order valence-corrected chi connectivity index (χ0v) is 15.1. The SMILES string of the molecule is CCCCCCCCCC(O)(c1ccc(O)cc1)c1ccc(O)cc1. The monoisotopic (exact) mass is 342 g/mol. The average Bonchev–Trinajstić information content (AvgIpc) is 2.62. The maximum absolute atomic E-state index is 11.4. The Morgan fingerprint density at radius 3 is 1.48 bits per heavy atom. The first-order valence-corrected chi connectivity index (χ1v) is 9.37.